The summed E-state index contributed by atoms with van der Waals surface area (Å²) in [5, 5.41) is 11.5. The summed E-state index contributed by atoms with van der Waals surface area (Å²) in [6.07, 6.45) is 1.45. The van der Waals surface area contributed by atoms with Crippen LogP contribution in [0.5, 0.6) is 17.2 Å². The number of thiocarbonyl (C=S) groups is 1. The maximum absolute atomic E-state index is 12.9. The van der Waals surface area contributed by atoms with Crippen LogP contribution in [0.1, 0.15) is 11.1 Å². The number of ether oxygens (including phenoxy) is 3. The van der Waals surface area contributed by atoms with E-state index in [4.69, 9.17) is 26.4 Å². The smallest absolute Gasteiger partial charge is 0.280 e. The van der Waals surface area contributed by atoms with Crippen molar-refractivity contribution in [2.45, 2.75) is 6.54 Å². The Bertz CT molecular complexity index is 1040. The zero-order chi connectivity index (χ0) is 21.8. The number of carbonyl (C=O) groups is 1. The molecule has 1 aliphatic heterocycles. The molecule has 156 valence electrons. The monoisotopic (exact) mass is 446 g/mol. The first-order valence-corrected chi connectivity index (χ1v) is 9.89. The van der Waals surface area contributed by atoms with Gasteiger partial charge in [-0.1, -0.05) is 36.1 Å². The highest BCUT2D eigenvalue weighted by molar-refractivity contribution is 8.26. The van der Waals surface area contributed by atoms with E-state index in [0.29, 0.717) is 27.3 Å². The molecule has 0 aromatic heterocycles. The lowest BCUT2D eigenvalue weighted by Gasteiger charge is -2.14. The molecule has 8 nitrogen and oxygen atoms in total. The summed E-state index contributed by atoms with van der Waals surface area (Å²) >= 11 is 6.45. The lowest BCUT2D eigenvalue weighted by molar-refractivity contribution is -0.385. The Balaban J connectivity index is 1.92. The zero-order valence-electron chi connectivity index (χ0n) is 16.4. The molecular formula is C20H18N2O6S2. The maximum Gasteiger partial charge on any atom is 0.280 e. The highest BCUT2D eigenvalue weighted by Crippen LogP contribution is 2.39. The van der Waals surface area contributed by atoms with Gasteiger partial charge in [-0.3, -0.25) is 19.8 Å². The number of methoxy groups -OCH3 is 3. The van der Waals surface area contributed by atoms with Crippen molar-refractivity contribution in [1.29, 1.82) is 0 Å². The summed E-state index contributed by atoms with van der Waals surface area (Å²) in [7, 11) is 4.41. The van der Waals surface area contributed by atoms with Gasteiger partial charge in [0.1, 0.15) is 10.1 Å². The van der Waals surface area contributed by atoms with Crippen LogP contribution in [0.2, 0.25) is 0 Å². The van der Waals surface area contributed by atoms with E-state index >= 15 is 0 Å². The largest absolute Gasteiger partial charge is 0.497 e. The lowest BCUT2D eigenvalue weighted by atomic mass is 10.1. The van der Waals surface area contributed by atoms with Gasteiger partial charge in [0.25, 0.3) is 11.6 Å². The Labute approximate surface area is 182 Å². The van der Waals surface area contributed by atoms with Gasteiger partial charge in [-0.15, -0.1) is 0 Å². The SMILES string of the molecule is COc1ccc(CN2C(=O)/C(=C\c3cc(OC)c(OC)cc3[N+](=O)[O-])SC2=S)cc1. The van der Waals surface area contributed by atoms with Crippen LogP contribution in [0.25, 0.3) is 6.08 Å². The highest BCUT2D eigenvalue weighted by atomic mass is 32.2. The fourth-order valence-corrected chi connectivity index (χ4v) is 4.09. The molecular weight excluding hydrogens is 428 g/mol. The summed E-state index contributed by atoms with van der Waals surface area (Å²) in [5.41, 5.74) is 0.904. The van der Waals surface area contributed by atoms with E-state index in [1.54, 1.807) is 19.2 Å². The molecule has 0 bridgehead atoms. The molecule has 0 radical (unpaired) electrons. The van der Waals surface area contributed by atoms with Crippen molar-refractivity contribution in [1.82, 2.24) is 4.90 Å². The van der Waals surface area contributed by atoms with Crippen molar-refractivity contribution >= 4 is 46.0 Å². The third-order valence-corrected chi connectivity index (χ3v) is 5.77. The minimum Gasteiger partial charge on any atom is -0.497 e. The molecule has 1 fully saturated rings. The van der Waals surface area contributed by atoms with Gasteiger partial charge in [0.15, 0.2) is 11.5 Å². The summed E-state index contributed by atoms with van der Waals surface area (Å²) in [5.74, 6) is 0.950. The predicted octanol–water partition coefficient (Wildman–Crippen LogP) is 4.02. The minimum atomic E-state index is -0.536. The van der Waals surface area contributed by atoms with Crippen LogP contribution in [0.3, 0.4) is 0 Å². The lowest BCUT2D eigenvalue weighted by Crippen LogP contribution is -2.27. The number of benzene rings is 2. The van der Waals surface area contributed by atoms with Crippen LogP contribution >= 0.6 is 24.0 Å². The van der Waals surface area contributed by atoms with Crippen LogP contribution in [0.4, 0.5) is 5.69 Å². The number of carbonyl (C=O) groups excluding carboxylic acids is 1. The Kier molecular flexibility index (Phi) is 6.58. The molecule has 10 heteroatoms. The second-order valence-electron chi connectivity index (χ2n) is 6.14. The first kappa shape index (κ1) is 21.6. The van der Waals surface area contributed by atoms with Crippen molar-refractivity contribution < 1.29 is 23.9 Å². The molecule has 1 aliphatic rings. The van der Waals surface area contributed by atoms with Crippen LogP contribution in [0.15, 0.2) is 41.3 Å². The van der Waals surface area contributed by atoms with Crippen LogP contribution < -0.4 is 14.2 Å². The molecule has 0 N–H and O–H groups in total. The van der Waals surface area contributed by atoms with Gasteiger partial charge in [-0.05, 0) is 29.8 Å². The van der Waals surface area contributed by atoms with E-state index < -0.39 is 4.92 Å². The molecule has 1 heterocycles. The average molecular weight is 447 g/mol. The highest BCUT2D eigenvalue weighted by Gasteiger charge is 2.33. The van der Waals surface area contributed by atoms with Gasteiger partial charge < -0.3 is 14.2 Å². The van der Waals surface area contributed by atoms with Crippen molar-refractivity contribution in [3.63, 3.8) is 0 Å². The minimum absolute atomic E-state index is 0.201. The summed E-state index contributed by atoms with van der Waals surface area (Å²) in [6.45, 7) is 0.292. The Morgan fingerprint density at radius 1 is 1.10 bits per heavy atom. The topological polar surface area (TPSA) is 91.1 Å². The summed E-state index contributed by atoms with van der Waals surface area (Å²) < 4.78 is 15.9. The molecule has 1 saturated heterocycles. The summed E-state index contributed by atoms with van der Waals surface area (Å²) in [4.78, 5) is 25.6. The summed E-state index contributed by atoms with van der Waals surface area (Å²) in [6, 6.07) is 10.0. The molecule has 0 unspecified atom stereocenters. The van der Waals surface area contributed by atoms with Crippen molar-refractivity contribution in [2.75, 3.05) is 21.3 Å². The zero-order valence-corrected chi connectivity index (χ0v) is 18.0. The predicted molar refractivity (Wildman–Crippen MR) is 118 cm³/mol. The molecule has 0 saturated carbocycles. The normalized spacial score (nSPS) is 14.9. The van der Waals surface area contributed by atoms with E-state index in [0.717, 1.165) is 17.3 Å². The van der Waals surface area contributed by atoms with Crippen molar-refractivity contribution in [3.05, 3.63) is 62.5 Å². The fraction of sp³-hybridized carbons (Fsp3) is 0.200. The molecule has 2 aromatic rings. The number of rotatable bonds is 7. The third-order valence-electron chi connectivity index (χ3n) is 4.39. The number of nitrogens with zero attached hydrogens (tertiary/aromatic N) is 2. The third kappa shape index (κ3) is 4.39. The Morgan fingerprint density at radius 2 is 1.73 bits per heavy atom. The van der Waals surface area contributed by atoms with Crippen LogP contribution in [-0.2, 0) is 11.3 Å². The number of nitro groups is 1. The second kappa shape index (κ2) is 9.14. The fourth-order valence-electron chi connectivity index (χ4n) is 2.85. The van der Waals surface area contributed by atoms with E-state index in [-0.39, 0.29) is 22.9 Å². The van der Waals surface area contributed by atoms with Gasteiger partial charge in [-0.2, -0.15) is 0 Å². The second-order valence-corrected chi connectivity index (χ2v) is 7.81. The molecule has 0 aliphatic carbocycles. The molecule has 0 atom stereocenters. The molecule has 2 aromatic carbocycles. The van der Waals surface area contributed by atoms with Gasteiger partial charge in [0.05, 0.1) is 49.3 Å². The Morgan fingerprint density at radius 3 is 2.30 bits per heavy atom. The standard InChI is InChI=1S/C20H18N2O6S2/c1-26-14-6-4-12(5-7-14)11-21-19(23)18(30-20(21)29)9-13-8-16(27-2)17(28-3)10-15(13)22(24)25/h4-10H,11H2,1-3H3/b18-9+. The molecule has 0 spiro atoms. The molecule has 1 amide bonds. The number of hydrogen-bond donors (Lipinski definition) is 0. The average Bonchev–Trinajstić information content (AvgIpc) is 3.01. The van der Waals surface area contributed by atoms with Gasteiger partial charge in [0.2, 0.25) is 0 Å². The first-order valence-electron chi connectivity index (χ1n) is 8.66. The quantitative estimate of drug-likeness (QED) is 0.273. The van der Waals surface area contributed by atoms with Crippen LogP contribution in [-0.4, -0.2) is 41.4 Å². The van der Waals surface area contributed by atoms with Crippen molar-refractivity contribution in [3.8, 4) is 17.2 Å². The van der Waals surface area contributed by atoms with E-state index in [1.807, 2.05) is 12.1 Å². The van der Waals surface area contributed by atoms with E-state index in [2.05, 4.69) is 0 Å². The van der Waals surface area contributed by atoms with Gasteiger partial charge in [-0.25, -0.2) is 0 Å². The van der Waals surface area contributed by atoms with Gasteiger partial charge in [0, 0.05) is 0 Å². The number of nitro benzene ring substituents is 1. The number of hydrogen-bond acceptors (Lipinski definition) is 8. The van der Waals surface area contributed by atoms with E-state index in [9.17, 15) is 14.9 Å². The number of thioether (sulfide) groups is 1. The Hall–Kier alpha value is -3.11. The van der Waals surface area contributed by atoms with Crippen molar-refractivity contribution in [2.24, 2.45) is 0 Å². The van der Waals surface area contributed by atoms with E-state index in [1.165, 1.54) is 37.3 Å². The maximum atomic E-state index is 12.9. The molecule has 3 rings (SSSR count). The van der Waals surface area contributed by atoms with Crippen LogP contribution in [0, 0.1) is 10.1 Å². The number of amides is 1. The van der Waals surface area contributed by atoms with Gasteiger partial charge >= 0.3 is 0 Å². The molecule has 30 heavy (non-hydrogen) atoms. The first-order chi connectivity index (χ1) is 14.4.